The van der Waals surface area contributed by atoms with Gasteiger partial charge in [0, 0.05) is 12.1 Å². The molecule has 0 aliphatic carbocycles. The van der Waals surface area contributed by atoms with Crippen molar-refractivity contribution in [3.8, 4) is 0 Å². The van der Waals surface area contributed by atoms with Gasteiger partial charge in [-0.05, 0) is 54.1 Å². The van der Waals surface area contributed by atoms with E-state index in [9.17, 15) is 31.1 Å². The third-order valence-corrected chi connectivity index (χ3v) is 5.60. The Balaban J connectivity index is 1.73. The van der Waals surface area contributed by atoms with Crippen LogP contribution in [-0.2, 0) is 25.4 Å². The molecule has 0 N–H and O–H groups in total. The first-order valence-electron chi connectivity index (χ1n) is 9.44. The molecule has 0 atom stereocenters. The van der Waals surface area contributed by atoms with Gasteiger partial charge in [-0.3, -0.25) is 4.79 Å². The summed E-state index contributed by atoms with van der Waals surface area (Å²) in [4.78, 5) is 18.5. The fourth-order valence-corrected chi connectivity index (χ4v) is 4.01. The lowest BCUT2D eigenvalue weighted by molar-refractivity contribution is -0.143. The Bertz CT molecular complexity index is 1250. The topological polar surface area (TPSA) is 46.3 Å². The molecule has 4 rings (SSSR count). The number of halogens is 6. The summed E-state index contributed by atoms with van der Waals surface area (Å²) < 4.78 is 85.5. The molecule has 4 aromatic rings. The lowest BCUT2D eigenvalue weighted by Gasteiger charge is -2.23. The number of amides is 1. The van der Waals surface area contributed by atoms with E-state index in [1.165, 1.54) is 23.7 Å². The van der Waals surface area contributed by atoms with Crippen LogP contribution in [0.25, 0.3) is 10.2 Å². The zero-order chi connectivity index (χ0) is 23.8. The number of rotatable bonds is 5. The normalized spacial score (nSPS) is 12.3. The van der Waals surface area contributed by atoms with Crippen LogP contribution in [0.4, 0.5) is 26.3 Å². The van der Waals surface area contributed by atoms with Crippen molar-refractivity contribution in [1.82, 2.24) is 9.88 Å². The van der Waals surface area contributed by atoms with E-state index in [-0.39, 0.29) is 23.7 Å². The minimum Gasteiger partial charge on any atom is -0.467 e. The molecule has 0 fully saturated rings. The Morgan fingerprint density at radius 1 is 0.939 bits per heavy atom. The predicted octanol–water partition coefficient (Wildman–Crippen LogP) is 6.77. The molecule has 172 valence electrons. The largest absolute Gasteiger partial charge is 0.467 e. The number of aromatic nitrogens is 1. The number of carbonyl (C=O) groups is 1. The average molecular weight is 484 g/mol. The Kier molecular flexibility index (Phi) is 5.91. The number of fused-ring (bicyclic) bond motifs is 1. The van der Waals surface area contributed by atoms with Crippen LogP contribution in [-0.4, -0.2) is 15.8 Å². The summed E-state index contributed by atoms with van der Waals surface area (Å²) in [7, 11) is 0. The van der Waals surface area contributed by atoms with Crippen molar-refractivity contribution in [3.63, 3.8) is 0 Å². The zero-order valence-corrected chi connectivity index (χ0v) is 17.4. The van der Waals surface area contributed by atoms with Gasteiger partial charge in [-0.1, -0.05) is 0 Å². The van der Waals surface area contributed by atoms with Crippen LogP contribution in [0.1, 0.15) is 32.8 Å². The molecule has 2 aromatic heterocycles. The minimum atomic E-state index is -4.98. The van der Waals surface area contributed by atoms with Crippen molar-refractivity contribution in [2.75, 3.05) is 0 Å². The van der Waals surface area contributed by atoms with Gasteiger partial charge >= 0.3 is 12.4 Å². The number of carbonyl (C=O) groups excluding carboxylic acids is 1. The van der Waals surface area contributed by atoms with Crippen LogP contribution in [0.2, 0.25) is 0 Å². The summed E-state index contributed by atoms with van der Waals surface area (Å²) in [6.45, 7) is -0.641. The van der Waals surface area contributed by atoms with E-state index in [0.29, 0.717) is 23.4 Å². The van der Waals surface area contributed by atoms with Crippen molar-refractivity contribution >= 4 is 27.5 Å². The predicted molar refractivity (Wildman–Crippen MR) is 108 cm³/mol. The molecule has 0 spiro atoms. The van der Waals surface area contributed by atoms with E-state index in [2.05, 4.69) is 4.98 Å². The van der Waals surface area contributed by atoms with E-state index >= 15 is 0 Å². The maximum absolute atomic E-state index is 13.3. The Labute approximate surface area is 187 Å². The number of hydrogen-bond donors (Lipinski definition) is 0. The Morgan fingerprint density at radius 3 is 2.24 bits per heavy atom. The molecule has 0 aliphatic rings. The van der Waals surface area contributed by atoms with Gasteiger partial charge in [-0.25, -0.2) is 4.98 Å². The minimum absolute atomic E-state index is 0.0555. The SMILES string of the molecule is O=C(c1ccc2ncsc2c1)N(Cc1cc(C(F)(F)F)cc(C(F)(F)F)c1)Cc1ccco1. The second-order valence-electron chi connectivity index (χ2n) is 7.19. The molecule has 0 unspecified atom stereocenters. The van der Waals surface area contributed by atoms with Crippen molar-refractivity contribution < 1.29 is 35.6 Å². The van der Waals surface area contributed by atoms with Crippen molar-refractivity contribution in [3.05, 3.63) is 88.3 Å². The molecule has 1 amide bonds. The highest BCUT2D eigenvalue weighted by atomic mass is 32.1. The van der Waals surface area contributed by atoms with Crippen molar-refractivity contribution in [1.29, 1.82) is 0 Å². The lowest BCUT2D eigenvalue weighted by Crippen LogP contribution is -2.30. The van der Waals surface area contributed by atoms with Gasteiger partial charge in [-0.2, -0.15) is 26.3 Å². The van der Waals surface area contributed by atoms with Gasteiger partial charge in [0.15, 0.2) is 0 Å². The van der Waals surface area contributed by atoms with Gasteiger partial charge in [0.2, 0.25) is 0 Å². The van der Waals surface area contributed by atoms with Gasteiger partial charge in [-0.15, -0.1) is 11.3 Å². The smallest absolute Gasteiger partial charge is 0.416 e. The van der Waals surface area contributed by atoms with Crippen LogP contribution >= 0.6 is 11.3 Å². The summed E-state index contributed by atoms with van der Waals surface area (Å²) in [6.07, 6.45) is -8.61. The second-order valence-corrected chi connectivity index (χ2v) is 8.08. The number of hydrogen-bond acceptors (Lipinski definition) is 4. The molecule has 0 aliphatic heterocycles. The molecule has 0 bridgehead atoms. The summed E-state index contributed by atoms with van der Waals surface area (Å²) in [6, 6.07) is 9.11. The molecule has 33 heavy (non-hydrogen) atoms. The third kappa shape index (κ3) is 5.19. The highest BCUT2D eigenvalue weighted by Gasteiger charge is 2.37. The van der Waals surface area contributed by atoms with Gasteiger partial charge in [0.1, 0.15) is 5.76 Å². The molecule has 2 aromatic carbocycles. The van der Waals surface area contributed by atoms with Gasteiger partial charge < -0.3 is 9.32 Å². The third-order valence-electron chi connectivity index (χ3n) is 4.81. The average Bonchev–Trinajstić information content (AvgIpc) is 3.42. The molecule has 4 nitrogen and oxygen atoms in total. The first-order chi connectivity index (χ1) is 15.5. The summed E-state index contributed by atoms with van der Waals surface area (Å²) in [5.74, 6) is -0.252. The van der Waals surface area contributed by atoms with Crippen LogP contribution in [0, 0.1) is 0 Å². The molecule has 11 heteroatoms. The maximum atomic E-state index is 13.3. The molecule has 0 saturated heterocycles. The summed E-state index contributed by atoms with van der Waals surface area (Å²) >= 11 is 1.30. The highest BCUT2D eigenvalue weighted by Crippen LogP contribution is 2.36. The van der Waals surface area contributed by atoms with E-state index < -0.39 is 35.9 Å². The fraction of sp³-hybridized carbons (Fsp3) is 0.182. The maximum Gasteiger partial charge on any atom is 0.416 e. The quantitative estimate of drug-likeness (QED) is 0.294. The molecule has 0 saturated carbocycles. The number of thiazole rings is 1. The molecular formula is C22H14F6N2O2S. The molecular weight excluding hydrogens is 470 g/mol. The van der Waals surface area contributed by atoms with Crippen molar-refractivity contribution in [2.24, 2.45) is 0 Å². The molecule has 2 heterocycles. The number of alkyl halides is 6. The van der Waals surface area contributed by atoms with Gasteiger partial charge in [0.25, 0.3) is 5.91 Å². The number of furan rings is 1. The Hall–Kier alpha value is -3.34. The Morgan fingerprint density at radius 2 is 1.64 bits per heavy atom. The number of nitrogens with zero attached hydrogens (tertiary/aromatic N) is 2. The monoisotopic (exact) mass is 484 g/mol. The first-order valence-corrected chi connectivity index (χ1v) is 10.3. The van der Waals surface area contributed by atoms with E-state index in [4.69, 9.17) is 4.42 Å². The highest BCUT2D eigenvalue weighted by molar-refractivity contribution is 7.16. The van der Waals surface area contributed by atoms with Crippen LogP contribution in [0.5, 0.6) is 0 Å². The lowest BCUT2D eigenvalue weighted by atomic mass is 10.0. The van der Waals surface area contributed by atoms with Gasteiger partial charge in [0.05, 0.1) is 39.7 Å². The molecule has 0 radical (unpaired) electrons. The fourth-order valence-electron chi connectivity index (χ4n) is 3.29. The zero-order valence-electron chi connectivity index (χ0n) is 16.6. The van der Waals surface area contributed by atoms with Crippen LogP contribution in [0.15, 0.2) is 64.7 Å². The van der Waals surface area contributed by atoms with E-state index in [1.54, 1.807) is 29.8 Å². The van der Waals surface area contributed by atoms with Crippen LogP contribution < -0.4 is 0 Å². The van der Waals surface area contributed by atoms with Crippen LogP contribution in [0.3, 0.4) is 0 Å². The van der Waals surface area contributed by atoms with E-state index in [1.807, 2.05) is 0 Å². The summed E-state index contributed by atoms with van der Waals surface area (Å²) in [5.41, 5.74) is -0.701. The number of benzene rings is 2. The van der Waals surface area contributed by atoms with Crippen molar-refractivity contribution in [2.45, 2.75) is 25.4 Å². The first kappa shape index (κ1) is 22.8. The second kappa shape index (κ2) is 8.54. The summed E-state index contributed by atoms with van der Waals surface area (Å²) in [5, 5.41) is 0. The standard InChI is InChI=1S/C22H14F6N2O2S/c23-21(24,25)15-6-13(7-16(9-15)22(26,27)28)10-30(11-17-2-1-5-32-17)20(31)14-3-4-18-19(8-14)33-12-29-18/h1-9,12H,10-11H2. The van der Waals surface area contributed by atoms with E-state index in [0.717, 1.165) is 9.60 Å².